The summed E-state index contributed by atoms with van der Waals surface area (Å²) in [6.07, 6.45) is 0. The minimum absolute atomic E-state index is 0.0297. The normalized spacial score (nSPS) is 11.4. The molecular weight excluding hydrogens is 430 g/mol. The van der Waals surface area contributed by atoms with Gasteiger partial charge >= 0.3 is 0 Å². The third-order valence-corrected chi connectivity index (χ3v) is 5.72. The fraction of sp³-hybridized carbons (Fsp3) is 0.222. The van der Waals surface area contributed by atoms with Crippen LogP contribution < -0.4 is 10.6 Å². The third-order valence-electron chi connectivity index (χ3n) is 5.52. The van der Waals surface area contributed by atoms with E-state index in [9.17, 15) is 4.79 Å². The molecule has 4 aromatic rings. The summed E-state index contributed by atoms with van der Waals surface area (Å²) in [5.41, 5.74) is 7.03. The Morgan fingerprint density at radius 2 is 1.70 bits per heavy atom. The molecule has 1 aromatic heterocycles. The predicted molar refractivity (Wildman–Crippen MR) is 138 cm³/mol. The molecular formula is C27H27N3O2S. The maximum Gasteiger partial charge on any atom is 0.257 e. The molecule has 168 valence electrons. The monoisotopic (exact) mass is 457 g/mol. The number of benzene rings is 3. The average molecular weight is 458 g/mol. The Morgan fingerprint density at radius 3 is 2.39 bits per heavy atom. The van der Waals surface area contributed by atoms with Crippen molar-refractivity contribution in [2.75, 3.05) is 5.32 Å². The Kier molecular flexibility index (Phi) is 6.04. The van der Waals surface area contributed by atoms with Gasteiger partial charge in [0.1, 0.15) is 5.52 Å². The molecule has 1 amide bonds. The second-order valence-electron chi connectivity index (χ2n) is 9.26. The first-order chi connectivity index (χ1) is 15.6. The molecule has 0 saturated heterocycles. The van der Waals surface area contributed by atoms with Crippen molar-refractivity contribution in [3.8, 4) is 11.5 Å². The maximum absolute atomic E-state index is 12.6. The number of thiocarbonyl (C=S) groups is 1. The molecule has 6 heteroatoms. The summed E-state index contributed by atoms with van der Waals surface area (Å²) < 4.78 is 5.92. The number of carbonyl (C=O) groups excluding carboxylic acids is 1. The second kappa shape index (κ2) is 8.79. The number of hydrogen-bond acceptors (Lipinski definition) is 4. The Bertz CT molecular complexity index is 1350. The van der Waals surface area contributed by atoms with Gasteiger partial charge in [0.25, 0.3) is 5.91 Å². The van der Waals surface area contributed by atoms with Gasteiger partial charge < -0.3 is 9.73 Å². The van der Waals surface area contributed by atoms with Crippen LogP contribution in [0, 0.1) is 13.8 Å². The van der Waals surface area contributed by atoms with E-state index in [0.717, 1.165) is 33.5 Å². The van der Waals surface area contributed by atoms with Crippen LogP contribution in [0.3, 0.4) is 0 Å². The van der Waals surface area contributed by atoms with E-state index in [4.69, 9.17) is 16.6 Å². The van der Waals surface area contributed by atoms with Crippen molar-refractivity contribution in [3.63, 3.8) is 0 Å². The Morgan fingerprint density at radius 1 is 0.970 bits per heavy atom. The molecule has 3 aromatic carbocycles. The number of carbonyl (C=O) groups is 1. The van der Waals surface area contributed by atoms with Crippen molar-refractivity contribution < 1.29 is 9.21 Å². The number of amides is 1. The number of nitrogens with one attached hydrogen (secondary N) is 2. The fourth-order valence-corrected chi connectivity index (χ4v) is 3.70. The second-order valence-corrected chi connectivity index (χ2v) is 9.66. The number of oxazole rings is 1. The minimum Gasteiger partial charge on any atom is -0.436 e. The predicted octanol–water partition coefficient (Wildman–Crippen LogP) is 6.54. The van der Waals surface area contributed by atoms with Crippen molar-refractivity contribution in [3.05, 3.63) is 82.9 Å². The average Bonchev–Trinajstić information content (AvgIpc) is 3.18. The third kappa shape index (κ3) is 5.12. The molecule has 0 aliphatic carbocycles. The molecule has 0 unspecified atom stereocenters. The van der Waals surface area contributed by atoms with Crippen LogP contribution in [0.1, 0.15) is 47.8 Å². The summed E-state index contributed by atoms with van der Waals surface area (Å²) in [7, 11) is 0. The van der Waals surface area contributed by atoms with Gasteiger partial charge in [0.15, 0.2) is 10.7 Å². The minimum atomic E-state index is -0.254. The lowest BCUT2D eigenvalue weighted by molar-refractivity contribution is 0.0977. The highest BCUT2D eigenvalue weighted by Crippen LogP contribution is 2.28. The first-order valence-corrected chi connectivity index (χ1v) is 11.2. The van der Waals surface area contributed by atoms with Crippen molar-refractivity contribution in [2.24, 2.45) is 0 Å². The van der Waals surface area contributed by atoms with Gasteiger partial charge in [-0.05, 0) is 84.6 Å². The standard InChI is InChI=1S/C27H27N3O2S/c1-16-6-13-23-22(14-16)28-25(32-23)19-8-7-17(2)21(15-19)29-26(33)30-24(31)18-9-11-20(12-10-18)27(3,4)5/h6-15H,1-5H3,(H2,29,30,31,33). The molecule has 0 spiro atoms. The first-order valence-electron chi connectivity index (χ1n) is 10.8. The van der Waals surface area contributed by atoms with Crippen molar-refractivity contribution >= 4 is 40.0 Å². The largest absolute Gasteiger partial charge is 0.436 e. The van der Waals surface area contributed by atoms with Crippen LogP contribution in [0.15, 0.2) is 65.1 Å². The van der Waals surface area contributed by atoms with Crippen LogP contribution in [-0.4, -0.2) is 16.0 Å². The van der Waals surface area contributed by atoms with Gasteiger partial charge in [-0.15, -0.1) is 0 Å². The van der Waals surface area contributed by atoms with Crippen molar-refractivity contribution in [2.45, 2.75) is 40.0 Å². The molecule has 4 rings (SSSR count). The highest BCUT2D eigenvalue weighted by atomic mass is 32.1. The molecule has 0 saturated carbocycles. The van der Waals surface area contributed by atoms with Crippen LogP contribution >= 0.6 is 12.2 Å². The van der Waals surface area contributed by atoms with E-state index in [1.165, 1.54) is 5.56 Å². The summed E-state index contributed by atoms with van der Waals surface area (Å²) in [5.74, 6) is 0.281. The molecule has 0 bridgehead atoms. The van der Waals surface area contributed by atoms with E-state index in [1.54, 1.807) is 0 Å². The van der Waals surface area contributed by atoms with Gasteiger partial charge in [0, 0.05) is 16.8 Å². The Labute approximate surface area is 199 Å². The maximum atomic E-state index is 12.6. The topological polar surface area (TPSA) is 67.2 Å². The van der Waals surface area contributed by atoms with E-state index < -0.39 is 0 Å². The van der Waals surface area contributed by atoms with Crippen LogP contribution in [-0.2, 0) is 5.41 Å². The lowest BCUT2D eigenvalue weighted by Crippen LogP contribution is -2.34. The van der Waals surface area contributed by atoms with E-state index in [1.807, 2.05) is 74.5 Å². The zero-order valence-corrected chi connectivity index (χ0v) is 20.3. The summed E-state index contributed by atoms with van der Waals surface area (Å²) in [4.78, 5) is 17.3. The number of fused-ring (bicyclic) bond motifs is 1. The molecule has 1 heterocycles. The number of aromatic nitrogens is 1. The van der Waals surface area contributed by atoms with E-state index >= 15 is 0 Å². The smallest absolute Gasteiger partial charge is 0.257 e. The number of nitrogens with zero attached hydrogens (tertiary/aromatic N) is 1. The van der Waals surface area contributed by atoms with Gasteiger partial charge in [-0.2, -0.15) is 0 Å². The number of anilines is 1. The summed E-state index contributed by atoms with van der Waals surface area (Å²) in [6.45, 7) is 10.4. The van der Waals surface area contributed by atoms with E-state index in [-0.39, 0.29) is 16.4 Å². The Hall–Kier alpha value is -3.51. The highest BCUT2D eigenvalue weighted by Gasteiger charge is 2.15. The molecule has 2 N–H and O–H groups in total. The first kappa shape index (κ1) is 22.7. The quantitative estimate of drug-likeness (QED) is 0.342. The zero-order valence-electron chi connectivity index (χ0n) is 19.4. The molecule has 0 atom stereocenters. The molecule has 5 nitrogen and oxygen atoms in total. The van der Waals surface area contributed by atoms with Gasteiger partial charge in [-0.1, -0.05) is 45.0 Å². The van der Waals surface area contributed by atoms with Crippen LogP contribution in [0.2, 0.25) is 0 Å². The fourth-order valence-electron chi connectivity index (χ4n) is 3.50. The van der Waals surface area contributed by atoms with Crippen LogP contribution in [0.25, 0.3) is 22.6 Å². The van der Waals surface area contributed by atoms with Gasteiger partial charge in [-0.3, -0.25) is 10.1 Å². The van der Waals surface area contributed by atoms with Gasteiger partial charge in [0.05, 0.1) is 0 Å². The van der Waals surface area contributed by atoms with E-state index in [2.05, 4.69) is 36.4 Å². The molecule has 0 aliphatic rings. The Balaban J connectivity index is 1.49. The zero-order chi connectivity index (χ0) is 23.8. The lowest BCUT2D eigenvalue weighted by Gasteiger charge is -2.19. The van der Waals surface area contributed by atoms with Crippen molar-refractivity contribution in [1.82, 2.24) is 10.3 Å². The van der Waals surface area contributed by atoms with Crippen LogP contribution in [0.4, 0.5) is 5.69 Å². The molecule has 33 heavy (non-hydrogen) atoms. The van der Waals surface area contributed by atoms with Gasteiger partial charge in [-0.25, -0.2) is 4.98 Å². The lowest BCUT2D eigenvalue weighted by atomic mass is 9.87. The van der Waals surface area contributed by atoms with Crippen molar-refractivity contribution in [1.29, 1.82) is 0 Å². The molecule has 0 radical (unpaired) electrons. The van der Waals surface area contributed by atoms with Gasteiger partial charge in [0.2, 0.25) is 5.89 Å². The number of aryl methyl sites for hydroxylation is 2. The van der Waals surface area contributed by atoms with E-state index in [0.29, 0.717) is 11.5 Å². The summed E-state index contributed by atoms with van der Waals surface area (Å²) in [6, 6.07) is 19.3. The SMILES string of the molecule is Cc1ccc2oc(-c3ccc(C)c(NC(=S)NC(=O)c4ccc(C(C)(C)C)cc4)c3)nc2c1. The molecule has 0 fully saturated rings. The number of hydrogen-bond donors (Lipinski definition) is 2. The molecule has 0 aliphatic heterocycles. The van der Waals surface area contributed by atoms with Crippen LogP contribution in [0.5, 0.6) is 0 Å². The highest BCUT2D eigenvalue weighted by molar-refractivity contribution is 7.80. The summed E-state index contributed by atoms with van der Waals surface area (Å²) in [5, 5.41) is 6.12. The summed E-state index contributed by atoms with van der Waals surface area (Å²) >= 11 is 5.40. The number of rotatable bonds is 3.